The van der Waals surface area contributed by atoms with Crippen LogP contribution in [0.1, 0.15) is 57.8 Å². The molecule has 0 aromatic carbocycles. The number of rotatable bonds is 13. The van der Waals surface area contributed by atoms with E-state index in [1.165, 1.54) is 0 Å². The molecule has 0 spiro atoms. The van der Waals surface area contributed by atoms with Crippen molar-refractivity contribution in [2.45, 2.75) is 87.8 Å². The van der Waals surface area contributed by atoms with Crippen molar-refractivity contribution < 1.29 is 49.0 Å². The first-order chi connectivity index (χ1) is 12.8. The van der Waals surface area contributed by atoms with E-state index < -0.39 is 36.8 Å². The van der Waals surface area contributed by atoms with E-state index in [2.05, 4.69) is 0 Å². The Morgan fingerprint density at radius 3 is 1.86 bits per heavy atom. The van der Waals surface area contributed by atoms with Crippen molar-refractivity contribution in [3.05, 3.63) is 0 Å². The van der Waals surface area contributed by atoms with E-state index in [0.29, 0.717) is 38.9 Å². The van der Waals surface area contributed by atoms with Crippen LogP contribution < -0.4 is 0 Å². The van der Waals surface area contributed by atoms with E-state index in [4.69, 9.17) is 9.47 Å². The normalized spacial score (nSPS) is 19.4. The van der Waals surface area contributed by atoms with Gasteiger partial charge in [0.1, 0.15) is 0 Å². The molecule has 2 nitrogen and oxygen atoms in total. The summed E-state index contributed by atoms with van der Waals surface area (Å²) in [7, 11) is 0. The molecule has 1 rings (SSSR count). The smallest absolute Gasteiger partial charge is 0.379 e. The second kappa shape index (κ2) is 10.4. The molecule has 0 amide bonds. The first kappa shape index (κ1) is 25.3. The van der Waals surface area contributed by atoms with Gasteiger partial charge in [-0.3, -0.25) is 0 Å². The zero-order valence-electron chi connectivity index (χ0n) is 15.3. The Hall–Kier alpha value is -0.710. The highest BCUT2D eigenvalue weighted by atomic mass is 19.4. The fourth-order valence-corrected chi connectivity index (χ4v) is 2.81. The lowest BCUT2D eigenvalue weighted by atomic mass is 9.98. The van der Waals surface area contributed by atoms with Crippen LogP contribution in [0.15, 0.2) is 0 Å². The third-order valence-corrected chi connectivity index (χ3v) is 4.57. The molecule has 11 heteroatoms. The van der Waals surface area contributed by atoms with Crippen LogP contribution in [-0.2, 0) is 9.47 Å². The van der Waals surface area contributed by atoms with Gasteiger partial charge in [0.25, 0.3) is 0 Å². The number of hydrogen-bond acceptors (Lipinski definition) is 2. The summed E-state index contributed by atoms with van der Waals surface area (Å²) in [5.74, 6) is -18.8. The highest BCUT2D eigenvalue weighted by Gasteiger charge is 2.81. The number of hydrogen-bond donors (Lipinski definition) is 0. The van der Waals surface area contributed by atoms with Gasteiger partial charge in [-0.05, 0) is 25.7 Å². The van der Waals surface area contributed by atoms with Crippen LogP contribution in [0.25, 0.3) is 0 Å². The maximum Gasteiger partial charge on any atom is 0.460 e. The van der Waals surface area contributed by atoms with Crippen LogP contribution in [0.4, 0.5) is 39.5 Å². The Bertz CT molecular complexity index is 446. The topological polar surface area (TPSA) is 18.5 Å². The molecule has 1 unspecified atom stereocenters. The summed E-state index contributed by atoms with van der Waals surface area (Å²) in [5, 5.41) is 0. The van der Waals surface area contributed by atoms with E-state index in [9.17, 15) is 39.5 Å². The third-order valence-electron chi connectivity index (χ3n) is 4.57. The molecular weight excluding hydrogens is 407 g/mol. The summed E-state index contributed by atoms with van der Waals surface area (Å²) in [6.45, 7) is 1.73. The van der Waals surface area contributed by atoms with Crippen LogP contribution >= 0.6 is 0 Å². The summed E-state index contributed by atoms with van der Waals surface area (Å²) < 4.78 is 125. The molecule has 1 fully saturated rings. The molecule has 0 bridgehead atoms. The summed E-state index contributed by atoms with van der Waals surface area (Å²) >= 11 is 0. The third kappa shape index (κ3) is 6.67. The number of halogens is 9. The van der Waals surface area contributed by atoms with Crippen molar-refractivity contribution in [1.82, 2.24) is 0 Å². The van der Waals surface area contributed by atoms with Crippen molar-refractivity contribution in [2.75, 3.05) is 19.8 Å². The van der Waals surface area contributed by atoms with Crippen LogP contribution in [0.5, 0.6) is 0 Å². The lowest BCUT2D eigenvalue weighted by Crippen LogP contribution is -2.60. The van der Waals surface area contributed by atoms with Crippen LogP contribution in [0.3, 0.4) is 0 Å². The van der Waals surface area contributed by atoms with Gasteiger partial charge in [0.05, 0.1) is 12.7 Å². The van der Waals surface area contributed by atoms with Crippen molar-refractivity contribution in [2.24, 2.45) is 0 Å². The Morgan fingerprint density at radius 2 is 1.32 bits per heavy atom. The summed E-state index contributed by atoms with van der Waals surface area (Å²) in [6.07, 6.45) is -4.60. The highest BCUT2D eigenvalue weighted by molar-refractivity contribution is 5.00. The van der Waals surface area contributed by atoms with Crippen molar-refractivity contribution >= 4 is 0 Å². The van der Waals surface area contributed by atoms with Gasteiger partial charge < -0.3 is 9.47 Å². The monoisotopic (exact) mass is 432 g/mol. The quantitative estimate of drug-likeness (QED) is 0.248. The van der Waals surface area contributed by atoms with E-state index in [-0.39, 0.29) is 12.5 Å². The molecule has 0 radical (unpaired) electrons. The van der Waals surface area contributed by atoms with Gasteiger partial charge in [-0.15, -0.1) is 0 Å². The molecule has 0 aromatic rings. The minimum absolute atomic E-state index is 0.0278. The largest absolute Gasteiger partial charge is 0.460 e. The first-order valence-corrected chi connectivity index (χ1v) is 9.22. The molecule has 0 aliphatic carbocycles. The summed E-state index contributed by atoms with van der Waals surface area (Å²) in [5.41, 5.74) is 0. The number of unbranched alkanes of at least 4 members (excludes halogenated alkanes) is 5. The van der Waals surface area contributed by atoms with Gasteiger partial charge in [-0.1, -0.05) is 25.7 Å². The van der Waals surface area contributed by atoms with Gasteiger partial charge >= 0.3 is 23.9 Å². The molecule has 1 saturated heterocycles. The minimum Gasteiger partial charge on any atom is -0.379 e. The van der Waals surface area contributed by atoms with Gasteiger partial charge in [0, 0.05) is 19.6 Å². The maximum atomic E-state index is 13.3. The Kier molecular flexibility index (Phi) is 9.37. The van der Waals surface area contributed by atoms with Crippen molar-refractivity contribution in [1.29, 1.82) is 0 Å². The molecule has 0 aromatic heterocycles. The zero-order valence-corrected chi connectivity index (χ0v) is 15.3. The molecular formula is C17H25F9O2. The second-order valence-corrected chi connectivity index (χ2v) is 6.93. The summed E-state index contributed by atoms with van der Waals surface area (Å²) in [4.78, 5) is 0. The molecule has 0 saturated carbocycles. The van der Waals surface area contributed by atoms with Crippen LogP contribution in [0.2, 0.25) is 0 Å². The average molecular weight is 432 g/mol. The van der Waals surface area contributed by atoms with E-state index in [0.717, 1.165) is 19.4 Å². The molecule has 1 heterocycles. The maximum absolute atomic E-state index is 13.3. The SMILES string of the molecule is FC(F)(F)C(F)(F)C(F)(F)C(F)(F)CCCCCCCCOCC1CCCO1. The standard InChI is InChI=1S/C17H25F9O2/c18-14(19,15(20,21)16(22,23)17(24,25)26)9-5-3-1-2-4-6-10-27-12-13-8-7-11-28-13/h13H,1-12H2. The van der Waals surface area contributed by atoms with E-state index in [1.54, 1.807) is 0 Å². The first-order valence-electron chi connectivity index (χ1n) is 9.22. The van der Waals surface area contributed by atoms with Crippen molar-refractivity contribution in [3.63, 3.8) is 0 Å². The minimum atomic E-state index is -6.80. The van der Waals surface area contributed by atoms with Crippen LogP contribution in [0, 0.1) is 0 Å². The Morgan fingerprint density at radius 1 is 0.750 bits per heavy atom. The summed E-state index contributed by atoms with van der Waals surface area (Å²) in [6, 6.07) is 0. The predicted molar refractivity (Wildman–Crippen MR) is 83.0 cm³/mol. The molecule has 1 aliphatic heterocycles. The highest BCUT2D eigenvalue weighted by Crippen LogP contribution is 2.54. The lowest BCUT2D eigenvalue weighted by Gasteiger charge is -2.33. The van der Waals surface area contributed by atoms with Crippen molar-refractivity contribution in [3.8, 4) is 0 Å². The van der Waals surface area contributed by atoms with Gasteiger partial charge in [-0.25, -0.2) is 0 Å². The molecule has 28 heavy (non-hydrogen) atoms. The zero-order chi connectivity index (χ0) is 21.5. The predicted octanol–water partition coefficient (Wildman–Crippen LogP) is 6.38. The van der Waals surface area contributed by atoms with Gasteiger partial charge in [0.15, 0.2) is 0 Å². The lowest BCUT2D eigenvalue weighted by molar-refractivity contribution is -0.396. The Labute approximate surface area is 157 Å². The van der Waals surface area contributed by atoms with Gasteiger partial charge in [-0.2, -0.15) is 39.5 Å². The number of alkyl halides is 9. The molecule has 1 atom stereocenters. The van der Waals surface area contributed by atoms with Gasteiger partial charge in [0.2, 0.25) is 0 Å². The molecule has 1 aliphatic rings. The fraction of sp³-hybridized carbons (Fsp3) is 1.00. The second-order valence-electron chi connectivity index (χ2n) is 6.93. The Balaban J connectivity index is 2.16. The molecule has 0 N–H and O–H groups in total. The molecule has 168 valence electrons. The van der Waals surface area contributed by atoms with E-state index >= 15 is 0 Å². The van der Waals surface area contributed by atoms with E-state index in [1.807, 2.05) is 0 Å². The van der Waals surface area contributed by atoms with Crippen LogP contribution in [-0.4, -0.2) is 49.9 Å². The average Bonchev–Trinajstić information content (AvgIpc) is 3.08. The fourth-order valence-electron chi connectivity index (χ4n) is 2.81. The number of ether oxygens (including phenoxy) is 2.